The normalized spacial score (nSPS) is 10.4. The number of carbonyl (C=O) groups is 1. The molecule has 0 unspecified atom stereocenters. The molecule has 0 aliphatic carbocycles. The zero-order chi connectivity index (χ0) is 11.5. The van der Waals surface area contributed by atoms with Gasteiger partial charge in [0, 0.05) is 7.05 Å². The van der Waals surface area contributed by atoms with Gasteiger partial charge in [0.15, 0.2) is 5.69 Å². The molecule has 0 bridgehead atoms. The summed E-state index contributed by atoms with van der Waals surface area (Å²) >= 11 is 0. The quantitative estimate of drug-likeness (QED) is 0.634. The third kappa shape index (κ3) is 1.90. The SMILES string of the molecule is COC(=O)c1cn(Cc2ncnn2C)nn1. The highest BCUT2D eigenvalue weighted by Crippen LogP contribution is 1.99. The van der Waals surface area contributed by atoms with E-state index in [4.69, 9.17) is 0 Å². The van der Waals surface area contributed by atoms with Gasteiger partial charge in [-0.05, 0) is 0 Å². The molecule has 0 aromatic carbocycles. The van der Waals surface area contributed by atoms with Crippen LogP contribution in [-0.4, -0.2) is 42.8 Å². The lowest BCUT2D eigenvalue weighted by Gasteiger charge is -1.98. The lowest BCUT2D eigenvalue weighted by molar-refractivity contribution is 0.0594. The number of rotatable bonds is 3. The lowest BCUT2D eigenvalue weighted by Crippen LogP contribution is -2.07. The zero-order valence-corrected chi connectivity index (χ0v) is 8.86. The molecule has 2 aromatic heterocycles. The Kier molecular flexibility index (Phi) is 2.63. The second-order valence-electron chi connectivity index (χ2n) is 3.09. The van der Waals surface area contributed by atoms with E-state index in [0.717, 1.165) is 5.82 Å². The van der Waals surface area contributed by atoms with Crippen LogP contribution in [0.5, 0.6) is 0 Å². The van der Waals surface area contributed by atoms with Crippen molar-refractivity contribution < 1.29 is 9.53 Å². The van der Waals surface area contributed by atoms with E-state index in [1.807, 2.05) is 0 Å². The molecule has 2 rings (SSSR count). The average molecular weight is 222 g/mol. The number of aromatic nitrogens is 6. The van der Waals surface area contributed by atoms with E-state index in [1.54, 1.807) is 11.7 Å². The molecule has 0 fully saturated rings. The van der Waals surface area contributed by atoms with Crippen LogP contribution in [0.25, 0.3) is 0 Å². The molecule has 0 amide bonds. The average Bonchev–Trinajstić information content (AvgIpc) is 2.89. The third-order valence-corrected chi connectivity index (χ3v) is 2.04. The van der Waals surface area contributed by atoms with E-state index in [0.29, 0.717) is 6.54 Å². The van der Waals surface area contributed by atoms with Crippen molar-refractivity contribution in [3.8, 4) is 0 Å². The van der Waals surface area contributed by atoms with Gasteiger partial charge in [-0.1, -0.05) is 5.21 Å². The highest BCUT2D eigenvalue weighted by molar-refractivity contribution is 5.86. The summed E-state index contributed by atoms with van der Waals surface area (Å²) in [5.41, 5.74) is 0.171. The fourth-order valence-corrected chi connectivity index (χ4v) is 1.18. The Bertz CT molecular complexity index is 502. The first-order valence-electron chi connectivity index (χ1n) is 4.52. The molecule has 8 heteroatoms. The van der Waals surface area contributed by atoms with Gasteiger partial charge >= 0.3 is 5.97 Å². The fraction of sp³-hybridized carbons (Fsp3) is 0.375. The smallest absolute Gasteiger partial charge is 0.360 e. The first-order chi connectivity index (χ1) is 7.70. The van der Waals surface area contributed by atoms with Crippen molar-refractivity contribution in [2.75, 3.05) is 7.11 Å². The molecule has 0 N–H and O–H groups in total. The Morgan fingerprint density at radius 3 is 3.00 bits per heavy atom. The largest absolute Gasteiger partial charge is 0.464 e. The zero-order valence-electron chi connectivity index (χ0n) is 8.86. The number of nitrogens with zero attached hydrogens (tertiary/aromatic N) is 6. The van der Waals surface area contributed by atoms with Gasteiger partial charge in [-0.2, -0.15) is 5.10 Å². The predicted octanol–water partition coefficient (Wildman–Crippen LogP) is -0.759. The molecule has 84 valence electrons. The summed E-state index contributed by atoms with van der Waals surface area (Å²) in [6.07, 6.45) is 2.95. The fourth-order valence-electron chi connectivity index (χ4n) is 1.18. The first-order valence-corrected chi connectivity index (χ1v) is 4.52. The Balaban J connectivity index is 2.14. The number of hydrogen-bond acceptors (Lipinski definition) is 6. The van der Waals surface area contributed by atoms with Crippen LogP contribution in [0.4, 0.5) is 0 Å². The minimum absolute atomic E-state index is 0.171. The Morgan fingerprint density at radius 2 is 2.38 bits per heavy atom. The molecule has 2 aromatic rings. The molecule has 0 atom stereocenters. The van der Waals surface area contributed by atoms with Gasteiger partial charge in [-0.15, -0.1) is 5.10 Å². The highest BCUT2D eigenvalue weighted by atomic mass is 16.5. The topological polar surface area (TPSA) is 87.7 Å². The first kappa shape index (κ1) is 10.3. The molecule has 8 nitrogen and oxygen atoms in total. The Labute approximate surface area is 90.8 Å². The highest BCUT2D eigenvalue weighted by Gasteiger charge is 2.11. The van der Waals surface area contributed by atoms with E-state index in [-0.39, 0.29) is 5.69 Å². The van der Waals surface area contributed by atoms with Crippen LogP contribution in [-0.2, 0) is 18.3 Å². The predicted molar refractivity (Wildman–Crippen MR) is 51.5 cm³/mol. The van der Waals surface area contributed by atoms with E-state index in [1.165, 1.54) is 24.3 Å². The van der Waals surface area contributed by atoms with E-state index < -0.39 is 5.97 Å². The molecule has 2 heterocycles. The van der Waals surface area contributed by atoms with Crippen LogP contribution in [0.1, 0.15) is 16.3 Å². The maximum absolute atomic E-state index is 11.1. The third-order valence-electron chi connectivity index (χ3n) is 2.04. The van der Waals surface area contributed by atoms with Crippen molar-refractivity contribution in [1.82, 2.24) is 29.8 Å². The van der Waals surface area contributed by atoms with Crippen LogP contribution >= 0.6 is 0 Å². The van der Waals surface area contributed by atoms with Crippen LogP contribution in [0.15, 0.2) is 12.5 Å². The van der Waals surface area contributed by atoms with E-state index >= 15 is 0 Å². The summed E-state index contributed by atoms with van der Waals surface area (Å²) in [5, 5.41) is 11.4. The Hall–Kier alpha value is -2.25. The monoisotopic (exact) mass is 222 g/mol. The van der Waals surface area contributed by atoms with Gasteiger partial charge in [0.1, 0.15) is 18.7 Å². The van der Waals surface area contributed by atoms with Crippen molar-refractivity contribution in [2.45, 2.75) is 6.54 Å². The minimum Gasteiger partial charge on any atom is -0.464 e. The summed E-state index contributed by atoms with van der Waals surface area (Å²) in [6, 6.07) is 0. The molecule has 0 saturated heterocycles. The molecule has 0 saturated carbocycles. The van der Waals surface area contributed by atoms with Crippen LogP contribution in [0.2, 0.25) is 0 Å². The standard InChI is InChI=1S/C8H10N6O2/c1-13-7(9-5-10-13)4-14-3-6(11-12-14)8(15)16-2/h3,5H,4H2,1-2H3. The minimum atomic E-state index is -0.510. The summed E-state index contributed by atoms with van der Waals surface area (Å²) in [5.74, 6) is 0.213. The molecule has 16 heavy (non-hydrogen) atoms. The summed E-state index contributed by atoms with van der Waals surface area (Å²) in [4.78, 5) is 15.2. The van der Waals surface area contributed by atoms with Crippen molar-refractivity contribution >= 4 is 5.97 Å². The van der Waals surface area contributed by atoms with Crippen LogP contribution < -0.4 is 0 Å². The maximum Gasteiger partial charge on any atom is 0.360 e. The summed E-state index contributed by atoms with van der Waals surface area (Å²) in [7, 11) is 3.07. The van der Waals surface area contributed by atoms with E-state index in [9.17, 15) is 4.79 Å². The molecule has 0 spiro atoms. The second-order valence-corrected chi connectivity index (χ2v) is 3.09. The molecule has 0 aliphatic rings. The van der Waals surface area contributed by atoms with Gasteiger partial charge in [-0.25, -0.2) is 14.5 Å². The number of methoxy groups -OCH3 is 1. The molecule has 0 aliphatic heterocycles. The van der Waals surface area contributed by atoms with Crippen molar-refractivity contribution in [3.05, 3.63) is 24.0 Å². The molecule has 0 radical (unpaired) electrons. The van der Waals surface area contributed by atoms with Crippen LogP contribution in [0, 0.1) is 0 Å². The number of hydrogen-bond donors (Lipinski definition) is 0. The van der Waals surface area contributed by atoms with Crippen molar-refractivity contribution in [1.29, 1.82) is 0 Å². The van der Waals surface area contributed by atoms with Crippen molar-refractivity contribution in [3.63, 3.8) is 0 Å². The van der Waals surface area contributed by atoms with Gasteiger partial charge < -0.3 is 4.74 Å². The number of ether oxygens (including phenoxy) is 1. The number of carbonyl (C=O) groups excluding carboxylic acids is 1. The number of aryl methyl sites for hydroxylation is 1. The van der Waals surface area contributed by atoms with E-state index in [2.05, 4.69) is 25.1 Å². The van der Waals surface area contributed by atoms with Crippen LogP contribution in [0.3, 0.4) is 0 Å². The Morgan fingerprint density at radius 1 is 1.56 bits per heavy atom. The van der Waals surface area contributed by atoms with Gasteiger partial charge in [-0.3, -0.25) is 4.68 Å². The number of esters is 1. The van der Waals surface area contributed by atoms with Crippen molar-refractivity contribution in [2.24, 2.45) is 7.05 Å². The summed E-state index contributed by atoms with van der Waals surface area (Å²) < 4.78 is 7.64. The van der Waals surface area contributed by atoms with Gasteiger partial charge in [0.05, 0.1) is 13.3 Å². The molecular formula is C8H10N6O2. The molecular weight excluding hydrogens is 212 g/mol. The van der Waals surface area contributed by atoms with Gasteiger partial charge in [0.2, 0.25) is 0 Å². The second kappa shape index (κ2) is 4.09. The van der Waals surface area contributed by atoms with Gasteiger partial charge in [0.25, 0.3) is 0 Å². The maximum atomic E-state index is 11.1. The lowest BCUT2D eigenvalue weighted by atomic mass is 10.5. The summed E-state index contributed by atoms with van der Waals surface area (Å²) in [6.45, 7) is 0.403.